The Morgan fingerprint density at radius 3 is 2.67 bits per heavy atom. The first-order valence-electron chi connectivity index (χ1n) is 4.94. The Kier molecular flexibility index (Phi) is 7.38. The molecule has 0 saturated heterocycles. The topological polar surface area (TPSA) is 81.4 Å². The third kappa shape index (κ3) is 4.93. The standard InChI is InChI=1S/C11H13BrN2O3.ClH/c1-17-10(15)4-5-14-11(16)8-3-2-7(12)6-9(8)13;/h2-3,6H,4-5,13H2,1H3,(H,14,16);1H. The van der Waals surface area contributed by atoms with Crippen LogP contribution in [0.15, 0.2) is 22.7 Å². The van der Waals surface area contributed by atoms with Crippen LogP contribution in [0.3, 0.4) is 0 Å². The lowest BCUT2D eigenvalue weighted by atomic mass is 10.1. The van der Waals surface area contributed by atoms with Crippen LogP contribution < -0.4 is 11.1 Å². The lowest BCUT2D eigenvalue weighted by Gasteiger charge is -2.07. The fourth-order valence-electron chi connectivity index (χ4n) is 1.22. The van der Waals surface area contributed by atoms with Gasteiger partial charge in [-0.15, -0.1) is 12.4 Å². The number of hydrogen-bond donors (Lipinski definition) is 2. The number of benzene rings is 1. The Bertz CT molecular complexity index is 440. The summed E-state index contributed by atoms with van der Waals surface area (Å²) in [6.07, 6.45) is 0.138. The molecule has 0 spiro atoms. The van der Waals surface area contributed by atoms with Crippen LogP contribution >= 0.6 is 28.3 Å². The van der Waals surface area contributed by atoms with E-state index >= 15 is 0 Å². The van der Waals surface area contributed by atoms with Crippen molar-refractivity contribution in [3.63, 3.8) is 0 Å². The number of nitrogens with one attached hydrogen (secondary N) is 1. The molecule has 0 bridgehead atoms. The molecule has 0 saturated carbocycles. The van der Waals surface area contributed by atoms with Gasteiger partial charge >= 0.3 is 5.97 Å². The highest BCUT2D eigenvalue weighted by atomic mass is 79.9. The summed E-state index contributed by atoms with van der Waals surface area (Å²) in [7, 11) is 1.30. The van der Waals surface area contributed by atoms with Gasteiger partial charge in [0.2, 0.25) is 0 Å². The number of nitrogen functional groups attached to an aromatic ring is 1. The van der Waals surface area contributed by atoms with Gasteiger partial charge in [0.25, 0.3) is 5.91 Å². The molecule has 0 aliphatic heterocycles. The number of carbonyl (C=O) groups is 2. The summed E-state index contributed by atoms with van der Waals surface area (Å²) in [4.78, 5) is 22.5. The number of nitrogens with two attached hydrogens (primary N) is 1. The number of methoxy groups -OCH3 is 1. The Hall–Kier alpha value is -1.27. The number of hydrogen-bond acceptors (Lipinski definition) is 4. The molecule has 1 aromatic rings. The third-order valence-corrected chi connectivity index (χ3v) is 2.59. The van der Waals surface area contributed by atoms with Crippen LogP contribution in [-0.2, 0) is 9.53 Å². The summed E-state index contributed by atoms with van der Waals surface area (Å²) in [6, 6.07) is 4.99. The number of anilines is 1. The van der Waals surface area contributed by atoms with Crippen LogP contribution in [0.5, 0.6) is 0 Å². The number of halogens is 2. The maximum atomic E-state index is 11.7. The first-order chi connectivity index (χ1) is 8.04. The Morgan fingerprint density at radius 1 is 1.44 bits per heavy atom. The van der Waals surface area contributed by atoms with E-state index in [1.165, 1.54) is 7.11 Å². The van der Waals surface area contributed by atoms with E-state index in [0.29, 0.717) is 11.3 Å². The second-order valence-electron chi connectivity index (χ2n) is 3.31. The van der Waals surface area contributed by atoms with E-state index in [1.54, 1.807) is 18.2 Å². The predicted molar refractivity (Wildman–Crippen MR) is 74.8 cm³/mol. The molecule has 7 heteroatoms. The zero-order chi connectivity index (χ0) is 12.8. The van der Waals surface area contributed by atoms with Crippen molar-refractivity contribution in [2.24, 2.45) is 0 Å². The Balaban J connectivity index is 0.00000289. The normalized spacial score (nSPS) is 9.22. The molecule has 0 unspecified atom stereocenters. The zero-order valence-corrected chi connectivity index (χ0v) is 12.1. The average molecular weight is 338 g/mol. The average Bonchev–Trinajstić information content (AvgIpc) is 2.28. The predicted octanol–water partition coefficient (Wildman–Crippen LogP) is 1.75. The molecule has 18 heavy (non-hydrogen) atoms. The van der Waals surface area contributed by atoms with Gasteiger partial charge in [-0.2, -0.15) is 0 Å². The summed E-state index contributed by atoms with van der Waals surface area (Å²) in [6.45, 7) is 0.223. The van der Waals surface area contributed by atoms with Gasteiger partial charge in [0.15, 0.2) is 0 Å². The molecular weight excluding hydrogens is 323 g/mol. The molecule has 100 valence electrons. The lowest BCUT2D eigenvalue weighted by molar-refractivity contribution is -0.140. The third-order valence-electron chi connectivity index (χ3n) is 2.10. The van der Waals surface area contributed by atoms with E-state index in [9.17, 15) is 9.59 Å². The van der Waals surface area contributed by atoms with Gasteiger partial charge in [0.05, 0.1) is 19.1 Å². The van der Waals surface area contributed by atoms with Crippen molar-refractivity contribution in [1.29, 1.82) is 0 Å². The summed E-state index contributed by atoms with van der Waals surface area (Å²) < 4.78 is 5.26. The van der Waals surface area contributed by atoms with E-state index in [1.807, 2.05) is 0 Å². The van der Waals surface area contributed by atoms with Gasteiger partial charge in [-0.25, -0.2) is 0 Å². The summed E-state index contributed by atoms with van der Waals surface area (Å²) in [5.41, 5.74) is 6.47. The Morgan fingerprint density at radius 2 is 2.11 bits per heavy atom. The second-order valence-corrected chi connectivity index (χ2v) is 4.23. The monoisotopic (exact) mass is 336 g/mol. The highest BCUT2D eigenvalue weighted by molar-refractivity contribution is 9.10. The van der Waals surface area contributed by atoms with Crippen molar-refractivity contribution < 1.29 is 14.3 Å². The molecule has 0 aliphatic rings. The van der Waals surface area contributed by atoms with Crippen molar-refractivity contribution in [3.05, 3.63) is 28.2 Å². The fraction of sp³-hybridized carbons (Fsp3) is 0.273. The van der Waals surface area contributed by atoms with Gasteiger partial charge < -0.3 is 15.8 Å². The fourth-order valence-corrected chi connectivity index (χ4v) is 1.59. The van der Waals surface area contributed by atoms with Gasteiger partial charge in [0.1, 0.15) is 0 Å². The van der Waals surface area contributed by atoms with Crippen LogP contribution in [0.1, 0.15) is 16.8 Å². The first-order valence-corrected chi connectivity index (χ1v) is 5.74. The van der Waals surface area contributed by atoms with Crippen LogP contribution in [0, 0.1) is 0 Å². The van der Waals surface area contributed by atoms with Gasteiger partial charge in [-0.05, 0) is 18.2 Å². The highest BCUT2D eigenvalue weighted by Crippen LogP contribution is 2.18. The summed E-state index contributed by atoms with van der Waals surface area (Å²) in [5.74, 6) is -0.673. The second kappa shape index (κ2) is 7.94. The van der Waals surface area contributed by atoms with Crippen LogP contribution in [0.2, 0.25) is 0 Å². The van der Waals surface area contributed by atoms with Crippen molar-refractivity contribution in [2.45, 2.75) is 6.42 Å². The highest BCUT2D eigenvalue weighted by Gasteiger charge is 2.10. The number of esters is 1. The van der Waals surface area contributed by atoms with E-state index in [-0.39, 0.29) is 37.2 Å². The minimum Gasteiger partial charge on any atom is -0.469 e. The Labute approximate surface area is 120 Å². The number of carbonyl (C=O) groups excluding carboxylic acids is 2. The van der Waals surface area contributed by atoms with Crippen LogP contribution in [-0.4, -0.2) is 25.5 Å². The SMILES string of the molecule is COC(=O)CCNC(=O)c1ccc(Br)cc1N.Cl. The lowest BCUT2D eigenvalue weighted by Crippen LogP contribution is -2.27. The number of rotatable bonds is 4. The van der Waals surface area contributed by atoms with Crippen molar-refractivity contribution in [2.75, 3.05) is 19.4 Å². The minimum absolute atomic E-state index is 0. The molecule has 1 rings (SSSR count). The maximum absolute atomic E-state index is 11.7. The first kappa shape index (κ1) is 16.7. The van der Waals surface area contributed by atoms with Gasteiger partial charge in [0, 0.05) is 16.7 Å². The molecule has 0 atom stereocenters. The molecule has 0 aromatic heterocycles. The quantitative estimate of drug-likeness (QED) is 0.648. The summed E-state index contributed by atoms with van der Waals surface area (Å²) >= 11 is 3.25. The molecule has 3 N–H and O–H groups in total. The molecule has 1 amide bonds. The number of amides is 1. The van der Waals surface area contributed by atoms with Crippen molar-refractivity contribution >= 4 is 45.9 Å². The molecule has 0 radical (unpaired) electrons. The molecule has 0 fully saturated rings. The summed E-state index contributed by atoms with van der Waals surface area (Å²) in [5, 5.41) is 2.59. The molecule has 0 aliphatic carbocycles. The largest absolute Gasteiger partial charge is 0.469 e. The van der Waals surface area contributed by atoms with E-state index in [2.05, 4.69) is 26.0 Å². The van der Waals surface area contributed by atoms with E-state index in [0.717, 1.165) is 4.47 Å². The molecule has 1 aromatic carbocycles. The molecule has 5 nitrogen and oxygen atoms in total. The molecular formula is C11H14BrClN2O3. The van der Waals surface area contributed by atoms with E-state index < -0.39 is 0 Å². The van der Waals surface area contributed by atoms with Gasteiger partial charge in [-0.3, -0.25) is 9.59 Å². The smallest absolute Gasteiger partial charge is 0.307 e. The zero-order valence-electron chi connectivity index (χ0n) is 9.73. The van der Waals surface area contributed by atoms with Crippen LogP contribution in [0.4, 0.5) is 5.69 Å². The minimum atomic E-state index is -0.367. The van der Waals surface area contributed by atoms with Gasteiger partial charge in [-0.1, -0.05) is 15.9 Å². The number of ether oxygens (including phenoxy) is 1. The molecule has 0 heterocycles. The van der Waals surface area contributed by atoms with Crippen molar-refractivity contribution in [1.82, 2.24) is 5.32 Å². The van der Waals surface area contributed by atoms with Crippen molar-refractivity contribution in [3.8, 4) is 0 Å². The van der Waals surface area contributed by atoms with Crippen LogP contribution in [0.25, 0.3) is 0 Å². The van der Waals surface area contributed by atoms with E-state index in [4.69, 9.17) is 5.73 Å². The maximum Gasteiger partial charge on any atom is 0.307 e.